The van der Waals surface area contributed by atoms with Crippen LogP contribution in [0, 0.1) is 10.1 Å². The van der Waals surface area contributed by atoms with E-state index in [1.54, 1.807) is 0 Å². The number of rotatable bonds is 1. The second kappa shape index (κ2) is 4.78. The van der Waals surface area contributed by atoms with Crippen molar-refractivity contribution in [2.24, 2.45) is 0 Å². The molecular formula is C5H10ClN3O3. The van der Waals surface area contributed by atoms with Gasteiger partial charge in [0.15, 0.2) is 5.82 Å². The summed E-state index contributed by atoms with van der Waals surface area (Å²) in [5, 5.41) is 24.2. The number of hydrogen-bond acceptors (Lipinski definition) is 5. The predicted octanol–water partition coefficient (Wildman–Crippen LogP) is -0.963. The van der Waals surface area contributed by atoms with Crippen LogP contribution in [0.15, 0.2) is 12.0 Å². The molecule has 0 radical (unpaired) electrons. The Morgan fingerprint density at radius 1 is 1.58 bits per heavy atom. The third-order valence-electron chi connectivity index (χ3n) is 1.29. The highest BCUT2D eigenvalue weighted by Gasteiger charge is 2.13. The molecule has 1 heterocycles. The average molecular weight is 196 g/mol. The lowest BCUT2D eigenvalue weighted by atomic mass is 10.3. The first kappa shape index (κ1) is 11.0. The Morgan fingerprint density at radius 2 is 2.08 bits per heavy atom. The summed E-state index contributed by atoms with van der Waals surface area (Å²) in [6, 6.07) is 0. The number of aliphatic hydroxyl groups excluding tert-OH is 1. The monoisotopic (exact) mass is 195 g/mol. The molecule has 0 spiro atoms. The van der Waals surface area contributed by atoms with Crippen LogP contribution >= 0.6 is 12.4 Å². The molecule has 0 saturated carbocycles. The number of nitrogens with one attached hydrogen (secondary N) is 2. The van der Waals surface area contributed by atoms with Crippen LogP contribution in [-0.2, 0) is 0 Å². The van der Waals surface area contributed by atoms with E-state index in [1.807, 2.05) is 0 Å². The van der Waals surface area contributed by atoms with Crippen LogP contribution in [0.2, 0.25) is 0 Å². The lowest BCUT2D eigenvalue weighted by molar-refractivity contribution is -0.404. The number of nitro groups is 1. The van der Waals surface area contributed by atoms with Gasteiger partial charge in [-0.05, 0) is 0 Å². The summed E-state index contributed by atoms with van der Waals surface area (Å²) in [7, 11) is 0. The Kier molecular flexibility index (Phi) is 4.38. The van der Waals surface area contributed by atoms with Crippen LogP contribution < -0.4 is 10.6 Å². The molecule has 0 amide bonds. The molecule has 1 aliphatic heterocycles. The van der Waals surface area contributed by atoms with Crippen LogP contribution in [0.1, 0.15) is 0 Å². The Hall–Kier alpha value is -1.01. The molecule has 1 rings (SSSR count). The number of hydrogen-bond donors (Lipinski definition) is 3. The zero-order valence-electron chi connectivity index (χ0n) is 6.19. The van der Waals surface area contributed by atoms with Gasteiger partial charge in [-0.15, -0.1) is 12.4 Å². The van der Waals surface area contributed by atoms with Crippen molar-refractivity contribution in [2.45, 2.75) is 6.10 Å². The van der Waals surface area contributed by atoms with Crippen molar-refractivity contribution in [3.8, 4) is 0 Å². The average Bonchev–Trinajstić information content (AvgIpc) is 1.93. The van der Waals surface area contributed by atoms with Crippen molar-refractivity contribution >= 4 is 12.4 Å². The Bertz CT molecular complexity index is 186. The van der Waals surface area contributed by atoms with Gasteiger partial charge >= 0.3 is 0 Å². The Labute approximate surface area is 75.2 Å². The van der Waals surface area contributed by atoms with Gasteiger partial charge in [0, 0.05) is 13.1 Å². The molecule has 0 bridgehead atoms. The summed E-state index contributed by atoms with van der Waals surface area (Å²) in [6.45, 7) is 0.708. The molecule has 0 aromatic heterocycles. The second-order valence-corrected chi connectivity index (χ2v) is 2.24. The van der Waals surface area contributed by atoms with E-state index < -0.39 is 11.0 Å². The minimum atomic E-state index is -0.549. The molecule has 1 fully saturated rings. The molecule has 1 aliphatic rings. The Balaban J connectivity index is 0.00000121. The van der Waals surface area contributed by atoms with Crippen molar-refractivity contribution in [1.82, 2.24) is 10.6 Å². The number of halogens is 1. The molecule has 0 atom stereocenters. The third-order valence-corrected chi connectivity index (χ3v) is 1.29. The molecule has 0 aliphatic carbocycles. The molecule has 0 aromatic rings. The lowest BCUT2D eigenvalue weighted by Gasteiger charge is -2.21. The van der Waals surface area contributed by atoms with Crippen LogP contribution in [0.25, 0.3) is 0 Å². The van der Waals surface area contributed by atoms with Gasteiger partial charge in [-0.3, -0.25) is 10.1 Å². The van der Waals surface area contributed by atoms with Gasteiger partial charge in [-0.1, -0.05) is 0 Å². The second-order valence-electron chi connectivity index (χ2n) is 2.24. The Morgan fingerprint density at radius 3 is 2.50 bits per heavy atom. The van der Waals surface area contributed by atoms with E-state index in [-0.39, 0.29) is 12.4 Å². The highest BCUT2D eigenvalue weighted by molar-refractivity contribution is 5.85. The van der Waals surface area contributed by atoms with Crippen molar-refractivity contribution in [3.63, 3.8) is 0 Å². The normalized spacial score (nSPS) is 21.4. The fourth-order valence-corrected chi connectivity index (χ4v) is 0.787. The summed E-state index contributed by atoms with van der Waals surface area (Å²) in [5.74, 6) is 0.348. The molecule has 12 heavy (non-hydrogen) atoms. The molecule has 1 saturated heterocycles. The van der Waals surface area contributed by atoms with E-state index in [4.69, 9.17) is 5.11 Å². The van der Waals surface area contributed by atoms with E-state index in [2.05, 4.69) is 10.6 Å². The molecule has 0 aromatic carbocycles. The first-order valence-electron chi connectivity index (χ1n) is 3.19. The van der Waals surface area contributed by atoms with E-state index >= 15 is 0 Å². The smallest absolute Gasteiger partial charge is 0.274 e. The molecule has 6 nitrogen and oxygen atoms in total. The third kappa shape index (κ3) is 3.40. The molecule has 70 valence electrons. The summed E-state index contributed by atoms with van der Waals surface area (Å²) in [5.41, 5.74) is 0. The predicted molar refractivity (Wildman–Crippen MR) is 44.3 cm³/mol. The molecular weight excluding hydrogens is 186 g/mol. The molecule has 0 unspecified atom stereocenters. The number of aliphatic hydroxyl groups is 1. The summed E-state index contributed by atoms with van der Waals surface area (Å²) in [6.07, 6.45) is 0.366. The van der Waals surface area contributed by atoms with Crippen LogP contribution in [0.3, 0.4) is 0 Å². The summed E-state index contributed by atoms with van der Waals surface area (Å²) in [4.78, 5) is 9.39. The zero-order chi connectivity index (χ0) is 8.27. The summed E-state index contributed by atoms with van der Waals surface area (Å²) >= 11 is 0. The standard InChI is InChI=1S/C5H9N3O3.ClH/c9-4-1-6-5(7-2-4)3-8(10)11;/h3-4,6-7,9H,1-2H2;1H. The van der Waals surface area contributed by atoms with Crippen LogP contribution in [-0.4, -0.2) is 29.2 Å². The van der Waals surface area contributed by atoms with Gasteiger partial charge in [0.05, 0.1) is 11.0 Å². The van der Waals surface area contributed by atoms with Gasteiger partial charge in [-0.25, -0.2) is 0 Å². The topological polar surface area (TPSA) is 87.4 Å². The van der Waals surface area contributed by atoms with Crippen molar-refractivity contribution in [1.29, 1.82) is 0 Å². The van der Waals surface area contributed by atoms with E-state index in [0.29, 0.717) is 18.9 Å². The number of nitrogens with zero attached hydrogens (tertiary/aromatic N) is 1. The van der Waals surface area contributed by atoms with E-state index in [9.17, 15) is 10.1 Å². The van der Waals surface area contributed by atoms with E-state index in [1.165, 1.54) is 0 Å². The first-order chi connectivity index (χ1) is 5.18. The van der Waals surface area contributed by atoms with Gasteiger partial charge in [0.25, 0.3) is 6.20 Å². The highest BCUT2D eigenvalue weighted by atomic mass is 35.5. The van der Waals surface area contributed by atoms with Gasteiger partial charge in [0.1, 0.15) is 0 Å². The zero-order valence-corrected chi connectivity index (χ0v) is 7.00. The SMILES string of the molecule is Cl.O=[N+]([O-])C=C1NCC(O)CN1. The minimum Gasteiger partial charge on any atom is -0.389 e. The lowest BCUT2D eigenvalue weighted by Crippen LogP contribution is -2.45. The number of β-amino-alcohol motifs (C(OH)–C–C–N with tert-alkyl or cyclic N) is 1. The van der Waals surface area contributed by atoms with Gasteiger partial charge in [-0.2, -0.15) is 0 Å². The van der Waals surface area contributed by atoms with Crippen LogP contribution in [0.4, 0.5) is 0 Å². The molecule has 3 N–H and O–H groups in total. The van der Waals surface area contributed by atoms with Crippen molar-refractivity contribution in [2.75, 3.05) is 13.1 Å². The van der Waals surface area contributed by atoms with Crippen molar-refractivity contribution < 1.29 is 10.0 Å². The molecule has 7 heteroatoms. The summed E-state index contributed by atoms with van der Waals surface area (Å²) < 4.78 is 0. The van der Waals surface area contributed by atoms with E-state index in [0.717, 1.165) is 6.20 Å². The van der Waals surface area contributed by atoms with Gasteiger partial charge < -0.3 is 15.7 Å². The van der Waals surface area contributed by atoms with Crippen LogP contribution in [0.5, 0.6) is 0 Å². The quantitative estimate of drug-likeness (QED) is 0.371. The fraction of sp³-hybridized carbons (Fsp3) is 0.600. The maximum absolute atomic E-state index is 9.94. The highest BCUT2D eigenvalue weighted by Crippen LogP contribution is 1.92. The largest absolute Gasteiger partial charge is 0.389 e. The maximum atomic E-state index is 9.94. The van der Waals surface area contributed by atoms with Gasteiger partial charge in [0.2, 0.25) is 0 Å². The first-order valence-corrected chi connectivity index (χ1v) is 3.19. The van der Waals surface area contributed by atoms with Crippen molar-refractivity contribution in [3.05, 3.63) is 22.1 Å². The fourth-order valence-electron chi connectivity index (χ4n) is 0.787. The maximum Gasteiger partial charge on any atom is 0.274 e. The minimum absolute atomic E-state index is 0.